The van der Waals surface area contributed by atoms with Crippen LogP contribution in [0.5, 0.6) is 0 Å². The van der Waals surface area contributed by atoms with E-state index in [0.717, 1.165) is 0 Å². The highest BCUT2D eigenvalue weighted by Crippen LogP contribution is 1.50. The number of aliphatic hydroxyl groups is 1. The molecular formula is CH3NO2. The maximum absolute atomic E-state index is 7.28. The first-order valence-corrected chi connectivity index (χ1v) is 0.663. The zero-order valence-corrected chi connectivity index (χ0v) is 1.93. The molecule has 3 nitrogen and oxygen atoms in total. The molecule has 2 radical (unpaired) electrons. The van der Waals surface area contributed by atoms with Crippen molar-refractivity contribution in [1.29, 1.82) is 0 Å². The summed E-state index contributed by atoms with van der Waals surface area (Å²) in [5.41, 5.74) is 0. The lowest BCUT2D eigenvalue weighted by atomic mass is 11.5. The molecule has 0 aliphatic rings. The number of hydrogen-bond acceptors (Lipinski definition) is 3. The SMILES string of the molecule is NO[C]O. The van der Waals surface area contributed by atoms with Gasteiger partial charge in [0.15, 0.2) is 0 Å². The fourth-order valence-corrected chi connectivity index (χ4v) is 0. The highest BCUT2D eigenvalue weighted by molar-refractivity contribution is 3.99. The van der Waals surface area contributed by atoms with Crippen molar-refractivity contribution in [1.82, 2.24) is 0 Å². The van der Waals surface area contributed by atoms with Crippen molar-refractivity contribution in [3.05, 3.63) is 6.79 Å². The van der Waals surface area contributed by atoms with Crippen LogP contribution in [0.2, 0.25) is 0 Å². The highest BCUT2D eigenvalue weighted by atomic mass is 16.7. The fourth-order valence-electron chi connectivity index (χ4n) is 0. The van der Waals surface area contributed by atoms with E-state index in [4.69, 9.17) is 5.11 Å². The Morgan fingerprint density at radius 2 is 2.25 bits per heavy atom. The van der Waals surface area contributed by atoms with E-state index in [-0.39, 0.29) is 0 Å². The molecule has 3 N–H and O–H groups in total. The van der Waals surface area contributed by atoms with E-state index in [1.165, 1.54) is 6.79 Å². The lowest BCUT2D eigenvalue weighted by Gasteiger charge is -1.71. The summed E-state index contributed by atoms with van der Waals surface area (Å²) < 4.78 is 0. The van der Waals surface area contributed by atoms with Gasteiger partial charge in [0.25, 0.3) is 0 Å². The van der Waals surface area contributed by atoms with Gasteiger partial charge in [-0.25, -0.2) is 5.90 Å². The van der Waals surface area contributed by atoms with Crippen LogP contribution < -0.4 is 5.90 Å². The molecule has 0 aromatic rings. The van der Waals surface area contributed by atoms with Gasteiger partial charge in [-0.15, -0.1) is 0 Å². The largest absolute Gasteiger partial charge is 0.356 e. The Morgan fingerprint density at radius 1 is 2.00 bits per heavy atom. The van der Waals surface area contributed by atoms with Crippen molar-refractivity contribution in [3.8, 4) is 0 Å². The summed E-state index contributed by atoms with van der Waals surface area (Å²) >= 11 is 0. The lowest BCUT2D eigenvalue weighted by Crippen LogP contribution is -1.91. The zero-order valence-electron chi connectivity index (χ0n) is 1.93. The van der Waals surface area contributed by atoms with E-state index in [1.54, 1.807) is 0 Å². The molecule has 0 aromatic carbocycles. The molecule has 3 heteroatoms. The summed E-state index contributed by atoms with van der Waals surface area (Å²) in [4.78, 5) is 3.35. The minimum atomic E-state index is 1.21. The normalized spacial score (nSPS) is 7.50. The standard InChI is InChI=1S/CH3NO2/c2-4-1-3/h3H,2H2. The number of nitrogens with two attached hydrogens (primary N) is 1. The van der Waals surface area contributed by atoms with Crippen molar-refractivity contribution >= 4 is 0 Å². The van der Waals surface area contributed by atoms with Gasteiger partial charge >= 0.3 is 6.79 Å². The highest BCUT2D eigenvalue weighted by Gasteiger charge is 1.59. The summed E-state index contributed by atoms with van der Waals surface area (Å²) in [5, 5.41) is 7.28. The fraction of sp³-hybridized carbons (Fsp3) is 0. The van der Waals surface area contributed by atoms with Crippen LogP contribution in [0.3, 0.4) is 0 Å². The second-order valence-electron chi connectivity index (χ2n) is 0.209. The molecule has 0 saturated carbocycles. The van der Waals surface area contributed by atoms with Gasteiger partial charge in [-0.1, -0.05) is 0 Å². The average molecular weight is 61.0 g/mol. The topological polar surface area (TPSA) is 55.5 Å². The van der Waals surface area contributed by atoms with Gasteiger partial charge in [-0.05, 0) is 0 Å². The molecule has 0 heterocycles. The van der Waals surface area contributed by atoms with Crippen LogP contribution in [0, 0.1) is 6.79 Å². The summed E-state index contributed by atoms with van der Waals surface area (Å²) in [6, 6.07) is 0. The van der Waals surface area contributed by atoms with E-state index < -0.39 is 0 Å². The molecule has 0 unspecified atom stereocenters. The van der Waals surface area contributed by atoms with Crippen LogP contribution in [-0.2, 0) is 4.84 Å². The third kappa shape index (κ3) is 1.88. The molecule has 24 valence electrons. The predicted molar refractivity (Wildman–Crippen MR) is 10.5 cm³/mol. The third-order valence-electron chi connectivity index (χ3n) is 0.0527. The third-order valence-corrected chi connectivity index (χ3v) is 0.0527. The van der Waals surface area contributed by atoms with Gasteiger partial charge in [-0.2, -0.15) is 0 Å². The summed E-state index contributed by atoms with van der Waals surface area (Å²) in [5.74, 6) is 4.17. The molecule has 0 atom stereocenters. The van der Waals surface area contributed by atoms with Crippen molar-refractivity contribution in [3.63, 3.8) is 0 Å². The molecular weight excluding hydrogens is 58.0 g/mol. The maximum atomic E-state index is 7.28. The Balaban J connectivity index is 1.97. The summed E-state index contributed by atoms with van der Waals surface area (Å²) in [6.07, 6.45) is 0. The molecule has 0 aliphatic heterocycles. The molecule has 0 saturated heterocycles. The van der Waals surface area contributed by atoms with Crippen LogP contribution >= 0.6 is 0 Å². The van der Waals surface area contributed by atoms with Gasteiger partial charge in [0.1, 0.15) is 0 Å². The Bertz CT molecular complexity index is 8.00. The maximum Gasteiger partial charge on any atom is 0.308 e. The average Bonchev–Trinajstić information content (AvgIpc) is 1.37. The Hall–Kier alpha value is -0.120. The Kier molecular flexibility index (Phi) is 2.79. The Labute approximate surface area is 23.9 Å². The minimum absolute atomic E-state index is 1.21. The first-order chi connectivity index (χ1) is 1.91. The van der Waals surface area contributed by atoms with E-state index in [9.17, 15) is 0 Å². The zero-order chi connectivity index (χ0) is 3.41. The molecule has 4 heavy (non-hydrogen) atoms. The van der Waals surface area contributed by atoms with Crippen LogP contribution in [-0.4, -0.2) is 5.11 Å². The second-order valence-corrected chi connectivity index (χ2v) is 0.209. The molecule has 0 aromatic heterocycles. The number of aliphatic hydroxyl groups excluding tert-OH is 1. The second kappa shape index (κ2) is 2.88. The van der Waals surface area contributed by atoms with Crippen LogP contribution in [0.1, 0.15) is 0 Å². The number of rotatable bonds is 1. The molecule has 0 amide bonds. The first kappa shape index (κ1) is 3.88. The summed E-state index contributed by atoms with van der Waals surface area (Å²) in [7, 11) is 0. The number of hydrogen-bond donors (Lipinski definition) is 2. The summed E-state index contributed by atoms with van der Waals surface area (Å²) in [6.45, 7) is 1.21. The molecule has 0 aliphatic carbocycles. The van der Waals surface area contributed by atoms with Crippen molar-refractivity contribution in [2.45, 2.75) is 0 Å². The quantitative estimate of drug-likeness (QED) is 0.392. The van der Waals surface area contributed by atoms with Crippen molar-refractivity contribution < 1.29 is 9.94 Å². The van der Waals surface area contributed by atoms with Gasteiger partial charge in [0.05, 0.1) is 0 Å². The van der Waals surface area contributed by atoms with E-state index in [2.05, 4.69) is 10.7 Å². The Morgan fingerprint density at radius 3 is 2.25 bits per heavy atom. The molecule has 0 bridgehead atoms. The van der Waals surface area contributed by atoms with Gasteiger partial charge in [0.2, 0.25) is 0 Å². The minimum Gasteiger partial charge on any atom is -0.356 e. The van der Waals surface area contributed by atoms with Crippen molar-refractivity contribution in [2.75, 3.05) is 0 Å². The van der Waals surface area contributed by atoms with E-state index >= 15 is 0 Å². The van der Waals surface area contributed by atoms with E-state index in [0.29, 0.717) is 0 Å². The van der Waals surface area contributed by atoms with Crippen molar-refractivity contribution in [2.24, 2.45) is 5.90 Å². The van der Waals surface area contributed by atoms with Crippen LogP contribution in [0.15, 0.2) is 0 Å². The smallest absolute Gasteiger partial charge is 0.308 e. The lowest BCUT2D eigenvalue weighted by molar-refractivity contribution is 0.0791. The van der Waals surface area contributed by atoms with Gasteiger partial charge < -0.3 is 5.11 Å². The van der Waals surface area contributed by atoms with E-state index in [1.807, 2.05) is 0 Å². The molecule has 0 fully saturated rings. The monoisotopic (exact) mass is 61.0 g/mol. The van der Waals surface area contributed by atoms with Gasteiger partial charge in [0, 0.05) is 0 Å². The molecule has 0 rings (SSSR count). The van der Waals surface area contributed by atoms with Gasteiger partial charge in [-0.3, -0.25) is 4.84 Å². The molecule has 0 spiro atoms. The predicted octanol–water partition coefficient (Wildman–Crippen LogP) is -0.755. The van der Waals surface area contributed by atoms with Crippen LogP contribution in [0.4, 0.5) is 0 Å². The first-order valence-electron chi connectivity index (χ1n) is 0.663. The van der Waals surface area contributed by atoms with Crippen LogP contribution in [0.25, 0.3) is 0 Å².